The van der Waals surface area contributed by atoms with Crippen molar-refractivity contribution in [1.82, 2.24) is 4.40 Å². The van der Waals surface area contributed by atoms with Gasteiger partial charge in [0.1, 0.15) is 5.52 Å². The van der Waals surface area contributed by atoms with Gasteiger partial charge in [0.25, 0.3) is 5.65 Å². The molecular weight excluding hydrogens is 456 g/mol. The predicted molar refractivity (Wildman–Crippen MR) is 154 cm³/mol. The maximum absolute atomic E-state index is 2.45. The third kappa shape index (κ3) is 2.48. The number of benzene rings is 5. The Bertz CT molecular complexity index is 2160. The average Bonchev–Trinajstić information content (AvgIpc) is 3.44. The lowest BCUT2D eigenvalue weighted by molar-refractivity contribution is -0.617. The number of imidazole rings is 1. The second kappa shape index (κ2) is 7.16. The zero-order valence-electron chi connectivity index (χ0n) is 20.1. The van der Waals surface area contributed by atoms with Gasteiger partial charge < -0.3 is 0 Å². The molecule has 3 aromatic heterocycles. The average molecular weight is 480 g/mol. The minimum atomic E-state index is 1.25. The van der Waals surface area contributed by atoms with Crippen LogP contribution in [0.4, 0.5) is 0 Å². The maximum Gasteiger partial charge on any atom is 0.295 e. The number of hydrogen-bond acceptors (Lipinski definition) is 1. The fourth-order valence-corrected chi connectivity index (χ4v) is 7.56. The first-order valence-corrected chi connectivity index (χ1v) is 13.2. The number of aromatic nitrogens is 2. The van der Waals surface area contributed by atoms with Gasteiger partial charge in [-0.3, -0.25) is 0 Å². The second-order valence-corrected chi connectivity index (χ2v) is 10.7. The van der Waals surface area contributed by atoms with E-state index in [1.165, 1.54) is 75.2 Å². The van der Waals surface area contributed by atoms with E-state index in [9.17, 15) is 0 Å². The van der Waals surface area contributed by atoms with Gasteiger partial charge in [-0.2, -0.15) is 4.40 Å². The summed E-state index contributed by atoms with van der Waals surface area (Å²) in [7, 11) is 2.20. The highest BCUT2D eigenvalue weighted by atomic mass is 32.1. The fraction of sp³-hybridized carbons (Fsp3) is 0.0606. The van der Waals surface area contributed by atoms with Crippen LogP contribution in [0.25, 0.3) is 69.7 Å². The molecule has 0 N–H and O–H groups in total. The molecule has 8 rings (SSSR count). The van der Waals surface area contributed by atoms with E-state index >= 15 is 0 Å². The molecule has 3 heterocycles. The number of rotatable bonds is 1. The minimum absolute atomic E-state index is 1.25. The van der Waals surface area contributed by atoms with Gasteiger partial charge in [0.2, 0.25) is 0 Å². The number of nitrogens with zero attached hydrogens (tertiary/aromatic N) is 2. The van der Waals surface area contributed by atoms with E-state index in [0.717, 1.165) is 0 Å². The standard InChI is InChI=1S/C33H23N2S/c1-20-19-25-23-15-10-14-22(21-11-4-3-5-12-21)31(23)36-32(25)30-24-13-6-7-16-26(24)35-28-18-9-8-17-27(28)34(2)33(35)29(20)30/h3-19H,1-2H3/q+1. The molecule has 0 fully saturated rings. The highest BCUT2D eigenvalue weighted by Crippen LogP contribution is 2.46. The summed E-state index contributed by atoms with van der Waals surface area (Å²) in [6.45, 7) is 2.28. The summed E-state index contributed by atoms with van der Waals surface area (Å²) >= 11 is 1.94. The van der Waals surface area contributed by atoms with Crippen molar-refractivity contribution >= 4 is 69.9 Å². The summed E-state index contributed by atoms with van der Waals surface area (Å²) in [5, 5.41) is 6.71. The highest BCUT2D eigenvalue weighted by Gasteiger charge is 2.26. The number of fused-ring (bicyclic) bond motifs is 12. The zero-order valence-corrected chi connectivity index (χ0v) is 20.9. The van der Waals surface area contributed by atoms with E-state index in [2.05, 4.69) is 126 Å². The Morgan fingerprint density at radius 1 is 0.639 bits per heavy atom. The van der Waals surface area contributed by atoms with Gasteiger partial charge in [-0.1, -0.05) is 78.9 Å². The Hall–Kier alpha value is -4.21. The summed E-state index contributed by atoms with van der Waals surface area (Å²) in [4.78, 5) is 0. The molecule has 0 unspecified atom stereocenters. The van der Waals surface area contributed by atoms with Crippen LogP contribution in [-0.2, 0) is 7.05 Å². The lowest BCUT2D eigenvalue weighted by Gasteiger charge is -2.09. The molecule has 0 bridgehead atoms. The molecular formula is C33H23N2S+. The van der Waals surface area contributed by atoms with Gasteiger partial charge in [0.05, 0.1) is 12.4 Å². The molecule has 5 aromatic carbocycles. The molecule has 0 saturated heterocycles. The lowest BCUT2D eigenvalue weighted by atomic mass is 9.97. The van der Waals surface area contributed by atoms with Crippen LogP contribution >= 0.6 is 11.3 Å². The highest BCUT2D eigenvalue weighted by molar-refractivity contribution is 7.27. The van der Waals surface area contributed by atoms with Crippen molar-refractivity contribution in [2.45, 2.75) is 6.92 Å². The van der Waals surface area contributed by atoms with Gasteiger partial charge in [-0.05, 0) is 47.9 Å². The van der Waals surface area contributed by atoms with Crippen LogP contribution in [0.5, 0.6) is 0 Å². The largest absolute Gasteiger partial charge is 0.295 e. The molecule has 8 aromatic rings. The van der Waals surface area contributed by atoms with E-state index < -0.39 is 0 Å². The fourth-order valence-electron chi connectivity index (χ4n) is 6.18. The maximum atomic E-state index is 2.45. The van der Waals surface area contributed by atoms with E-state index in [0.29, 0.717) is 0 Å². The molecule has 0 spiro atoms. The zero-order chi connectivity index (χ0) is 24.0. The van der Waals surface area contributed by atoms with E-state index in [4.69, 9.17) is 0 Å². The number of pyridine rings is 1. The minimum Gasteiger partial charge on any atom is -0.225 e. The summed E-state index contributed by atoms with van der Waals surface area (Å²) in [5.41, 5.74) is 8.90. The molecule has 2 nitrogen and oxygen atoms in total. The van der Waals surface area contributed by atoms with E-state index in [-0.39, 0.29) is 0 Å². The SMILES string of the molecule is Cc1cc2c3cccc(-c4ccccc4)c3sc2c2c3ccccc3n3c4ccccc4[n+](C)c3c12. The molecule has 0 saturated carbocycles. The van der Waals surface area contributed by atoms with Crippen LogP contribution in [0.2, 0.25) is 0 Å². The first kappa shape index (κ1) is 20.0. The summed E-state index contributed by atoms with van der Waals surface area (Å²) in [5.74, 6) is 0. The van der Waals surface area contributed by atoms with Gasteiger partial charge in [-0.25, -0.2) is 4.57 Å². The molecule has 0 radical (unpaired) electrons. The Labute approximate surface area is 212 Å². The van der Waals surface area contributed by atoms with Crippen molar-refractivity contribution in [1.29, 1.82) is 0 Å². The smallest absolute Gasteiger partial charge is 0.225 e. The van der Waals surface area contributed by atoms with Gasteiger partial charge in [0.15, 0.2) is 11.0 Å². The number of para-hydroxylation sites is 3. The van der Waals surface area contributed by atoms with Gasteiger partial charge in [-0.15, -0.1) is 11.3 Å². The van der Waals surface area contributed by atoms with E-state index in [1.807, 2.05) is 11.3 Å². The summed E-state index contributed by atoms with van der Waals surface area (Å²) < 4.78 is 7.55. The van der Waals surface area contributed by atoms with Crippen molar-refractivity contribution in [3.63, 3.8) is 0 Å². The quantitative estimate of drug-likeness (QED) is 0.165. The van der Waals surface area contributed by atoms with Crippen LogP contribution in [0.15, 0.2) is 103 Å². The molecule has 36 heavy (non-hydrogen) atoms. The summed E-state index contributed by atoms with van der Waals surface area (Å²) in [6.07, 6.45) is 0. The van der Waals surface area contributed by atoms with Crippen LogP contribution in [0.1, 0.15) is 5.56 Å². The third-order valence-electron chi connectivity index (χ3n) is 7.72. The molecule has 0 atom stereocenters. The monoisotopic (exact) mass is 479 g/mol. The van der Waals surface area contributed by atoms with Crippen molar-refractivity contribution in [3.8, 4) is 11.1 Å². The van der Waals surface area contributed by atoms with Crippen LogP contribution in [0, 0.1) is 6.92 Å². The van der Waals surface area contributed by atoms with Gasteiger partial charge in [0, 0.05) is 30.9 Å². The number of hydrogen-bond donors (Lipinski definition) is 0. The van der Waals surface area contributed by atoms with E-state index in [1.54, 1.807) is 0 Å². The first-order valence-electron chi connectivity index (χ1n) is 12.4. The van der Waals surface area contributed by atoms with Crippen molar-refractivity contribution < 1.29 is 4.57 Å². The van der Waals surface area contributed by atoms with Crippen molar-refractivity contribution in [3.05, 3.63) is 109 Å². The Kier molecular flexibility index (Phi) is 3.98. The van der Waals surface area contributed by atoms with Crippen molar-refractivity contribution in [2.75, 3.05) is 0 Å². The molecule has 3 heteroatoms. The molecule has 0 aliphatic heterocycles. The number of aryl methyl sites for hydroxylation is 2. The third-order valence-corrected chi connectivity index (χ3v) is 8.99. The van der Waals surface area contributed by atoms with Crippen LogP contribution in [-0.4, -0.2) is 4.40 Å². The topological polar surface area (TPSA) is 8.29 Å². The lowest BCUT2D eigenvalue weighted by Crippen LogP contribution is -2.27. The van der Waals surface area contributed by atoms with Crippen LogP contribution in [0.3, 0.4) is 0 Å². The van der Waals surface area contributed by atoms with Crippen LogP contribution < -0.4 is 4.57 Å². The Morgan fingerprint density at radius 2 is 1.36 bits per heavy atom. The second-order valence-electron chi connectivity index (χ2n) is 9.69. The molecule has 0 aliphatic carbocycles. The first-order chi connectivity index (χ1) is 17.7. The normalized spacial score (nSPS) is 12.2. The van der Waals surface area contributed by atoms with Crippen molar-refractivity contribution in [2.24, 2.45) is 7.05 Å². The number of thiophene rings is 1. The molecule has 170 valence electrons. The predicted octanol–water partition coefficient (Wildman–Crippen LogP) is 8.57. The molecule has 0 aliphatic rings. The Balaban J connectivity index is 1.67. The van der Waals surface area contributed by atoms with Gasteiger partial charge >= 0.3 is 0 Å². The molecule has 0 amide bonds. The summed E-state index contributed by atoms with van der Waals surface area (Å²) in [6, 6.07) is 37.6. The Morgan fingerprint density at radius 3 is 2.22 bits per heavy atom.